The Labute approximate surface area is 70.5 Å². The number of carboxylic acids is 1. The number of carbonyl (C=O) groups is 1. The lowest BCUT2D eigenvalue weighted by Crippen LogP contribution is -1.94. The van der Waals surface area contributed by atoms with Gasteiger partial charge in [-0.25, -0.2) is 4.79 Å². The van der Waals surface area contributed by atoms with Crippen molar-refractivity contribution in [3.63, 3.8) is 0 Å². The Kier molecular flexibility index (Phi) is 4.30. The Hall–Kier alpha value is -1.02. The van der Waals surface area contributed by atoms with Gasteiger partial charge in [0.05, 0.1) is 0 Å². The van der Waals surface area contributed by atoms with Crippen LogP contribution in [0.1, 0.15) is 6.92 Å². The first-order chi connectivity index (χ1) is 5.04. The molecule has 3 heteroatoms. The third-order valence-electron chi connectivity index (χ3n) is 0.961. The maximum atomic E-state index is 10.2. The molecular formula is C8H9ClO2. The van der Waals surface area contributed by atoms with Gasteiger partial charge in [-0.2, -0.15) is 0 Å². The number of hydrogen-bond acceptors (Lipinski definition) is 1. The summed E-state index contributed by atoms with van der Waals surface area (Å²) in [6.45, 7) is 4.90. The quantitative estimate of drug-likeness (QED) is 0.524. The molecule has 0 aliphatic heterocycles. The Balaban J connectivity index is 4.13. The van der Waals surface area contributed by atoms with Gasteiger partial charge in [-0.1, -0.05) is 30.3 Å². The molecule has 11 heavy (non-hydrogen) atoms. The van der Waals surface area contributed by atoms with Crippen LogP contribution in [0.4, 0.5) is 0 Å². The molecule has 2 nitrogen and oxygen atoms in total. The van der Waals surface area contributed by atoms with E-state index in [-0.39, 0.29) is 5.57 Å². The van der Waals surface area contributed by atoms with Crippen LogP contribution in [0.15, 0.2) is 35.4 Å². The third kappa shape index (κ3) is 5.43. The van der Waals surface area contributed by atoms with Crippen molar-refractivity contribution < 1.29 is 9.90 Å². The van der Waals surface area contributed by atoms with E-state index in [0.29, 0.717) is 5.03 Å². The topological polar surface area (TPSA) is 37.3 Å². The van der Waals surface area contributed by atoms with Crippen molar-refractivity contribution >= 4 is 17.6 Å². The van der Waals surface area contributed by atoms with E-state index < -0.39 is 5.97 Å². The van der Waals surface area contributed by atoms with Crippen LogP contribution in [0.25, 0.3) is 0 Å². The van der Waals surface area contributed by atoms with Crippen molar-refractivity contribution in [3.8, 4) is 0 Å². The fourth-order valence-electron chi connectivity index (χ4n) is 0.368. The third-order valence-corrected chi connectivity index (χ3v) is 1.09. The number of allylic oxidation sites excluding steroid dienone is 4. The molecule has 0 bridgehead atoms. The molecule has 0 unspecified atom stereocenters. The SMILES string of the molecule is C=C(Cl)C=CC=C(C)C(=O)O. The first kappa shape index (κ1) is 9.98. The Morgan fingerprint density at radius 3 is 2.55 bits per heavy atom. The van der Waals surface area contributed by atoms with Gasteiger partial charge in [0.2, 0.25) is 0 Å². The lowest BCUT2D eigenvalue weighted by atomic mass is 10.3. The minimum absolute atomic E-state index is 0.263. The number of hydrogen-bond donors (Lipinski definition) is 1. The summed E-state index contributed by atoms with van der Waals surface area (Å²) < 4.78 is 0. The van der Waals surface area contributed by atoms with Gasteiger partial charge in [0.1, 0.15) is 0 Å². The Morgan fingerprint density at radius 2 is 2.18 bits per heavy atom. The van der Waals surface area contributed by atoms with Crippen LogP contribution in [-0.2, 0) is 4.79 Å². The van der Waals surface area contributed by atoms with E-state index in [1.807, 2.05) is 0 Å². The summed E-state index contributed by atoms with van der Waals surface area (Å²) >= 11 is 5.38. The average molecular weight is 173 g/mol. The van der Waals surface area contributed by atoms with Crippen molar-refractivity contribution in [2.45, 2.75) is 6.92 Å². The summed E-state index contributed by atoms with van der Waals surface area (Å²) in [7, 11) is 0. The van der Waals surface area contributed by atoms with Crippen LogP contribution in [0.3, 0.4) is 0 Å². The first-order valence-electron chi connectivity index (χ1n) is 2.96. The minimum Gasteiger partial charge on any atom is -0.478 e. The van der Waals surface area contributed by atoms with Gasteiger partial charge in [-0.15, -0.1) is 0 Å². The van der Waals surface area contributed by atoms with Crippen LogP contribution >= 0.6 is 11.6 Å². The molecular weight excluding hydrogens is 164 g/mol. The fraction of sp³-hybridized carbons (Fsp3) is 0.125. The predicted molar refractivity (Wildman–Crippen MR) is 45.5 cm³/mol. The van der Waals surface area contributed by atoms with Crippen molar-refractivity contribution in [3.05, 3.63) is 35.4 Å². The lowest BCUT2D eigenvalue weighted by Gasteiger charge is -1.86. The van der Waals surface area contributed by atoms with E-state index in [9.17, 15) is 4.79 Å². The molecule has 0 aromatic heterocycles. The predicted octanol–water partition coefficient (Wildman–Crippen LogP) is 2.33. The summed E-state index contributed by atoms with van der Waals surface area (Å²) in [5.74, 6) is -0.935. The van der Waals surface area contributed by atoms with Gasteiger partial charge in [0.25, 0.3) is 0 Å². The summed E-state index contributed by atoms with van der Waals surface area (Å²) in [6, 6.07) is 0. The Morgan fingerprint density at radius 1 is 1.64 bits per heavy atom. The molecule has 0 aliphatic rings. The highest BCUT2D eigenvalue weighted by molar-refractivity contribution is 6.30. The summed E-state index contributed by atoms with van der Waals surface area (Å²) in [4.78, 5) is 10.2. The van der Waals surface area contributed by atoms with E-state index in [0.717, 1.165) is 0 Å². The monoisotopic (exact) mass is 172 g/mol. The van der Waals surface area contributed by atoms with Crippen LogP contribution in [0.5, 0.6) is 0 Å². The standard InChI is InChI=1S/C8H9ClO2/c1-6(8(10)11)4-3-5-7(2)9/h3-5H,2H2,1H3,(H,10,11). The van der Waals surface area contributed by atoms with Crippen molar-refractivity contribution in [2.75, 3.05) is 0 Å². The van der Waals surface area contributed by atoms with E-state index in [4.69, 9.17) is 16.7 Å². The number of rotatable bonds is 3. The molecule has 0 aromatic rings. The van der Waals surface area contributed by atoms with Crippen molar-refractivity contribution in [1.29, 1.82) is 0 Å². The molecule has 0 heterocycles. The molecule has 0 amide bonds. The molecule has 1 N–H and O–H groups in total. The normalized spacial score (nSPS) is 12.0. The van der Waals surface area contributed by atoms with Gasteiger partial charge >= 0.3 is 5.97 Å². The molecule has 0 spiro atoms. The second-order valence-corrected chi connectivity index (χ2v) is 2.45. The first-order valence-corrected chi connectivity index (χ1v) is 3.34. The molecule has 0 rings (SSSR count). The van der Waals surface area contributed by atoms with E-state index in [1.165, 1.54) is 19.1 Å². The van der Waals surface area contributed by atoms with E-state index in [1.54, 1.807) is 6.08 Å². The zero-order valence-corrected chi connectivity index (χ0v) is 6.93. The smallest absolute Gasteiger partial charge is 0.331 e. The van der Waals surface area contributed by atoms with Crippen LogP contribution in [0.2, 0.25) is 0 Å². The molecule has 0 radical (unpaired) electrons. The average Bonchev–Trinajstić information content (AvgIpc) is 1.86. The molecule has 0 aliphatic carbocycles. The highest BCUT2D eigenvalue weighted by Gasteiger charge is 1.95. The number of aliphatic carboxylic acids is 1. The maximum absolute atomic E-state index is 10.2. The molecule has 0 aromatic carbocycles. The minimum atomic E-state index is -0.935. The Bertz CT molecular complexity index is 226. The number of carboxylic acid groups (broad SMARTS) is 1. The number of halogens is 1. The van der Waals surface area contributed by atoms with Crippen LogP contribution in [0, 0.1) is 0 Å². The van der Waals surface area contributed by atoms with Crippen molar-refractivity contribution in [2.24, 2.45) is 0 Å². The zero-order valence-electron chi connectivity index (χ0n) is 6.17. The molecule has 0 fully saturated rings. The summed E-state index contributed by atoms with van der Waals surface area (Å²) in [6.07, 6.45) is 4.52. The van der Waals surface area contributed by atoms with Crippen molar-refractivity contribution in [1.82, 2.24) is 0 Å². The van der Waals surface area contributed by atoms with Crippen LogP contribution < -0.4 is 0 Å². The molecule has 0 saturated heterocycles. The van der Waals surface area contributed by atoms with E-state index in [2.05, 4.69) is 6.58 Å². The van der Waals surface area contributed by atoms with E-state index >= 15 is 0 Å². The highest BCUT2D eigenvalue weighted by Crippen LogP contribution is 1.99. The summed E-state index contributed by atoms with van der Waals surface area (Å²) in [5, 5.41) is 8.76. The molecule has 0 atom stereocenters. The van der Waals surface area contributed by atoms with Gasteiger partial charge in [-0.05, 0) is 13.0 Å². The molecule has 0 saturated carbocycles. The van der Waals surface area contributed by atoms with Gasteiger partial charge in [0.15, 0.2) is 0 Å². The second kappa shape index (κ2) is 4.74. The van der Waals surface area contributed by atoms with Gasteiger partial charge < -0.3 is 5.11 Å². The van der Waals surface area contributed by atoms with Gasteiger partial charge in [0, 0.05) is 10.6 Å². The zero-order chi connectivity index (χ0) is 8.85. The fourth-order valence-corrected chi connectivity index (χ4v) is 0.441. The van der Waals surface area contributed by atoms with Gasteiger partial charge in [-0.3, -0.25) is 0 Å². The second-order valence-electron chi connectivity index (χ2n) is 1.96. The summed E-state index contributed by atoms with van der Waals surface area (Å²) in [5.41, 5.74) is 0.263. The molecule has 60 valence electrons. The highest BCUT2D eigenvalue weighted by atomic mass is 35.5. The lowest BCUT2D eigenvalue weighted by molar-refractivity contribution is -0.132. The maximum Gasteiger partial charge on any atom is 0.331 e. The van der Waals surface area contributed by atoms with Crippen LogP contribution in [-0.4, -0.2) is 11.1 Å². The largest absolute Gasteiger partial charge is 0.478 e.